The Morgan fingerprint density at radius 2 is 0.941 bits per heavy atom. The van der Waals surface area contributed by atoms with Crippen LogP contribution in [0.1, 0.15) is 11.2 Å². The Kier molecular flexibility index (Phi) is 6.70. The van der Waals surface area contributed by atoms with Crippen LogP contribution in [0.25, 0.3) is 0 Å². The van der Waals surface area contributed by atoms with Crippen molar-refractivity contribution in [1.82, 2.24) is 4.90 Å². The fraction of sp³-hybridized carbons (Fsp3) is 0.103. The Balaban J connectivity index is 2.24. The number of nitrogens with zero attached hydrogens (tertiary/aromatic N) is 1. The SMILES string of the molecule is CN(C)C(=O)C(=O)C(c1ccccc1)P(Cl)(c1ccccc1)(c1ccccc1)c1ccccc1. The molecular weight excluding hydrogens is 461 g/mol. The summed E-state index contributed by atoms with van der Waals surface area (Å²) in [4.78, 5) is 28.8. The monoisotopic (exact) mass is 487 g/mol. The van der Waals surface area contributed by atoms with Gasteiger partial charge in [0.05, 0.1) is 0 Å². The van der Waals surface area contributed by atoms with Gasteiger partial charge in [-0.25, -0.2) is 0 Å². The van der Waals surface area contributed by atoms with Crippen molar-refractivity contribution >= 4 is 44.8 Å². The van der Waals surface area contributed by atoms with E-state index in [0.717, 1.165) is 15.9 Å². The topological polar surface area (TPSA) is 37.4 Å². The maximum atomic E-state index is 14.2. The van der Waals surface area contributed by atoms with E-state index < -0.39 is 23.3 Å². The predicted octanol–water partition coefficient (Wildman–Crippen LogP) is 5.07. The zero-order valence-electron chi connectivity index (χ0n) is 19.2. The molecule has 3 nitrogen and oxygen atoms in total. The molecule has 4 rings (SSSR count). The van der Waals surface area contributed by atoms with Crippen LogP contribution >= 0.6 is 17.2 Å². The Hall–Kier alpha value is -3.26. The van der Waals surface area contributed by atoms with Gasteiger partial charge >= 0.3 is 206 Å². The molecule has 0 radical (unpaired) electrons. The standard InChI is InChI=1S/C29H27ClNO2P/c1-31(2)29(33)27(32)28(23-15-7-3-8-16-23)34(30,24-17-9-4-10-18-24,25-19-11-5-12-20-25)26-21-13-6-14-22-26/h3-22,28H,1-2H3. The summed E-state index contributed by atoms with van der Waals surface area (Å²) in [5.74, 6) is -5.23. The van der Waals surface area contributed by atoms with E-state index >= 15 is 0 Å². The number of ketones is 1. The van der Waals surface area contributed by atoms with Crippen LogP contribution in [0.3, 0.4) is 0 Å². The molecule has 0 aliphatic rings. The van der Waals surface area contributed by atoms with E-state index in [1.165, 1.54) is 4.90 Å². The number of carbonyl (C=O) groups excluding carboxylic acids is 2. The first-order valence-corrected chi connectivity index (χ1v) is 14.3. The van der Waals surface area contributed by atoms with Crippen LogP contribution in [-0.4, -0.2) is 30.7 Å². The average molecular weight is 488 g/mol. The molecule has 0 aliphatic heterocycles. The molecule has 34 heavy (non-hydrogen) atoms. The van der Waals surface area contributed by atoms with Gasteiger partial charge in [0.25, 0.3) is 0 Å². The molecule has 0 heterocycles. The summed E-state index contributed by atoms with van der Waals surface area (Å²) in [6.07, 6.45) is 0. The second kappa shape index (κ2) is 9.54. The van der Waals surface area contributed by atoms with Crippen LogP contribution in [-0.2, 0) is 9.59 Å². The number of hydrogen-bond donors (Lipinski definition) is 0. The molecule has 0 N–H and O–H groups in total. The van der Waals surface area contributed by atoms with E-state index in [1.54, 1.807) is 14.1 Å². The van der Waals surface area contributed by atoms with Crippen molar-refractivity contribution in [2.75, 3.05) is 14.1 Å². The fourth-order valence-corrected chi connectivity index (χ4v) is 11.6. The molecule has 0 spiro atoms. The Labute approximate surface area is 205 Å². The van der Waals surface area contributed by atoms with Gasteiger partial charge in [-0.15, -0.1) is 0 Å². The molecule has 1 unspecified atom stereocenters. The Bertz CT molecular complexity index is 1180. The molecule has 172 valence electrons. The number of likely N-dealkylation sites (N-methyl/N-ethyl adjacent to an activating group) is 1. The fourth-order valence-electron chi connectivity index (χ4n) is 4.68. The van der Waals surface area contributed by atoms with Crippen molar-refractivity contribution in [3.8, 4) is 0 Å². The number of Topliss-reactive ketones (excluding diaryl/α,β-unsaturated/α-hetero) is 1. The minimum absolute atomic E-state index is 0.527. The van der Waals surface area contributed by atoms with Crippen molar-refractivity contribution < 1.29 is 9.59 Å². The predicted molar refractivity (Wildman–Crippen MR) is 144 cm³/mol. The second-order valence-electron chi connectivity index (χ2n) is 8.46. The quantitative estimate of drug-likeness (QED) is 0.270. The van der Waals surface area contributed by atoms with E-state index in [1.807, 2.05) is 121 Å². The van der Waals surface area contributed by atoms with Gasteiger partial charge in [0.15, 0.2) is 0 Å². The molecule has 4 aromatic carbocycles. The van der Waals surface area contributed by atoms with E-state index in [4.69, 9.17) is 11.2 Å². The zero-order valence-corrected chi connectivity index (χ0v) is 20.9. The van der Waals surface area contributed by atoms with Crippen molar-refractivity contribution in [3.05, 3.63) is 127 Å². The summed E-state index contributed by atoms with van der Waals surface area (Å²) in [6.45, 7) is 0. The van der Waals surface area contributed by atoms with Crippen molar-refractivity contribution in [2.24, 2.45) is 0 Å². The maximum absolute atomic E-state index is 14.2. The van der Waals surface area contributed by atoms with Gasteiger partial charge in [-0.2, -0.15) is 0 Å². The molecule has 0 fully saturated rings. The number of benzene rings is 4. The van der Waals surface area contributed by atoms with Crippen LogP contribution < -0.4 is 15.9 Å². The van der Waals surface area contributed by atoms with Crippen LogP contribution in [0.2, 0.25) is 0 Å². The first-order valence-electron chi connectivity index (χ1n) is 11.1. The summed E-state index contributed by atoms with van der Waals surface area (Å²) in [5, 5.41) is 2.50. The first-order chi connectivity index (χ1) is 16.4. The van der Waals surface area contributed by atoms with Crippen molar-refractivity contribution in [2.45, 2.75) is 5.66 Å². The molecule has 5 heteroatoms. The molecular formula is C29H27ClNO2P. The number of hydrogen-bond acceptors (Lipinski definition) is 2. The van der Waals surface area contributed by atoms with E-state index in [2.05, 4.69) is 0 Å². The summed E-state index contributed by atoms with van der Waals surface area (Å²) in [5.41, 5.74) is -0.206. The van der Waals surface area contributed by atoms with Crippen LogP contribution in [0, 0.1) is 0 Å². The first kappa shape index (κ1) is 23.9. The van der Waals surface area contributed by atoms with Gasteiger partial charge < -0.3 is 0 Å². The van der Waals surface area contributed by atoms with Gasteiger partial charge in [0.1, 0.15) is 0 Å². The van der Waals surface area contributed by atoms with Gasteiger partial charge in [0.2, 0.25) is 0 Å². The third-order valence-corrected chi connectivity index (χ3v) is 14.0. The minimum atomic E-state index is -4.12. The molecule has 4 aromatic rings. The third-order valence-electron chi connectivity index (χ3n) is 6.25. The van der Waals surface area contributed by atoms with E-state index in [-0.39, 0.29) is 0 Å². The molecule has 0 bridgehead atoms. The summed E-state index contributed by atoms with van der Waals surface area (Å²) < 4.78 is 0. The normalized spacial score (nSPS) is 13.3. The molecule has 0 saturated heterocycles. The third kappa shape index (κ3) is 3.76. The summed E-state index contributed by atoms with van der Waals surface area (Å²) in [6, 6.07) is 38.7. The molecule has 0 aromatic heterocycles. The molecule has 1 atom stereocenters. The van der Waals surface area contributed by atoms with E-state index in [0.29, 0.717) is 5.56 Å². The molecule has 1 amide bonds. The van der Waals surface area contributed by atoms with Crippen LogP contribution in [0.15, 0.2) is 121 Å². The van der Waals surface area contributed by atoms with Crippen LogP contribution in [0.5, 0.6) is 0 Å². The summed E-state index contributed by atoms with van der Waals surface area (Å²) in [7, 11) is 3.19. The average Bonchev–Trinajstić information content (AvgIpc) is 2.90. The Morgan fingerprint density at radius 1 is 0.618 bits per heavy atom. The second-order valence-corrected chi connectivity index (χ2v) is 14.8. The van der Waals surface area contributed by atoms with Crippen LogP contribution in [0.4, 0.5) is 0 Å². The summed E-state index contributed by atoms with van der Waals surface area (Å²) >= 11 is 8.26. The zero-order chi connectivity index (χ0) is 24.2. The van der Waals surface area contributed by atoms with Gasteiger partial charge in [0, 0.05) is 0 Å². The molecule has 0 aliphatic carbocycles. The van der Waals surface area contributed by atoms with Gasteiger partial charge in [-0.1, -0.05) is 0 Å². The number of carbonyl (C=O) groups is 2. The number of amides is 1. The van der Waals surface area contributed by atoms with Gasteiger partial charge in [-0.3, -0.25) is 0 Å². The number of rotatable bonds is 7. The Morgan fingerprint density at radius 3 is 1.26 bits per heavy atom. The molecule has 0 saturated carbocycles. The number of halogens is 1. The van der Waals surface area contributed by atoms with Crippen molar-refractivity contribution in [1.29, 1.82) is 0 Å². The van der Waals surface area contributed by atoms with Crippen molar-refractivity contribution in [3.63, 3.8) is 0 Å². The van der Waals surface area contributed by atoms with E-state index in [9.17, 15) is 9.59 Å². The van der Waals surface area contributed by atoms with Gasteiger partial charge in [-0.05, 0) is 0 Å².